The topological polar surface area (TPSA) is 68.8 Å². The molecule has 2 amide bonds. The first kappa shape index (κ1) is 27.2. The number of piperazine rings is 1. The molecule has 3 aromatic carbocycles. The molecule has 41 heavy (non-hydrogen) atoms. The van der Waals surface area contributed by atoms with Gasteiger partial charge in [0.05, 0.1) is 0 Å². The van der Waals surface area contributed by atoms with Crippen LogP contribution in [0.25, 0.3) is 11.1 Å². The minimum absolute atomic E-state index is 0.140. The second-order valence-electron chi connectivity index (χ2n) is 11.6. The molecule has 0 bridgehead atoms. The number of nitrogens with zero attached hydrogens (tertiary/aromatic N) is 4. The Hall–Kier alpha value is -4.01. The lowest BCUT2D eigenvalue weighted by Crippen LogP contribution is -2.53. The molecule has 1 atom stereocenters. The molecule has 3 heterocycles. The van der Waals surface area contributed by atoms with E-state index in [1.165, 1.54) is 17.0 Å². The van der Waals surface area contributed by atoms with Crippen molar-refractivity contribution < 1.29 is 9.59 Å². The summed E-state index contributed by atoms with van der Waals surface area (Å²) in [7, 11) is 0. The standard InChI is InChI=1S/C33H35N5O2S/c1-33(2,3)37-18-16-36(17-19-37)27-13-11-23(12-14-27)25-9-10-26-22-38(31(40)28(26)21-25)29(24-7-5-4-6-8-24)30(39)35-32-34-15-20-41-32/h4-15,20-21,29H,16-19,22H2,1-3H3,(H,34,35,39)/t29-/m1/s1. The number of hydrogen-bond acceptors (Lipinski definition) is 6. The van der Waals surface area contributed by atoms with Crippen LogP contribution in [-0.2, 0) is 11.3 Å². The van der Waals surface area contributed by atoms with E-state index in [1.807, 2.05) is 47.8 Å². The van der Waals surface area contributed by atoms with E-state index in [2.05, 4.69) is 71.2 Å². The van der Waals surface area contributed by atoms with Gasteiger partial charge in [0.2, 0.25) is 0 Å². The van der Waals surface area contributed by atoms with Crippen molar-refractivity contribution in [3.05, 3.63) is 101 Å². The molecule has 8 heteroatoms. The second kappa shape index (κ2) is 11.1. The van der Waals surface area contributed by atoms with Gasteiger partial charge in [0, 0.05) is 61.1 Å². The number of anilines is 2. The normalized spacial score (nSPS) is 16.5. The van der Waals surface area contributed by atoms with Crippen LogP contribution in [0.1, 0.15) is 48.3 Å². The highest BCUT2D eigenvalue weighted by molar-refractivity contribution is 7.13. The van der Waals surface area contributed by atoms with Crippen molar-refractivity contribution in [1.82, 2.24) is 14.8 Å². The van der Waals surface area contributed by atoms with Gasteiger partial charge in [-0.1, -0.05) is 54.6 Å². The van der Waals surface area contributed by atoms with Gasteiger partial charge < -0.3 is 9.80 Å². The zero-order valence-corrected chi connectivity index (χ0v) is 24.5. The predicted molar refractivity (Wildman–Crippen MR) is 165 cm³/mol. The van der Waals surface area contributed by atoms with Crippen LogP contribution in [-0.4, -0.2) is 58.3 Å². The largest absolute Gasteiger partial charge is 0.369 e. The summed E-state index contributed by atoms with van der Waals surface area (Å²) in [6.45, 7) is 11.3. The fourth-order valence-corrected chi connectivity index (χ4v) is 6.31. The first-order valence-electron chi connectivity index (χ1n) is 14.1. The molecule has 210 valence electrons. The Kier molecular flexibility index (Phi) is 7.36. The van der Waals surface area contributed by atoms with Crippen LogP contribution in [0.3, 0.4) is 0 Å². The van der Waals surface area contributed by atoms with Crippen LogP contribution in [0.5, 0.6) is 0 Å². The van der Waals surface area contributed by atoms with Crippen molar-refractivity contribution in [3.63, 3.8) is 0 Å². The first-order chi connectivity index (χ1) is 19.8. The molecule has 0 saturated carbocycles. The number of aromatic nitrogens is 1. The lowest BCUT2D eigenvalue weighted by Gasteiger charge is -2.43. The summed E-state index contributed by atoms with van der Waals surface area (Å²) in [5, 5.41) is 5.22. The number of thiazole rings is 1. The summed E-state index contributed by atoms with van der Waals surface area (Å²) in [6, 6.07) is 23.4. The second-order valence-corrected chi connectivity index (χ2v) is 12.5. The SMILES string of the molecule is CC(C)(C)N1CCN(c2ccc(-c3ccc4c(c3)C(=O)N([C@@H](C(=O)Nc3nccs3)c3ccccc3)C4)cc2)CC1. The van der Waals surface area contributed by atoms with Crippen LogP contribution in [0.15, 0.2) is 84.4 Å². The Bertz CT molecular complexity index is 1520. The Morgan fingerprint density at radius 3 is 2.29 bits per heavy atom. The van der Waals surface area contributed by atoms with Crippen molar-refractivity contribution in [2.24, 2.45) is 0 Å². The van der Waals surface area contributed by atoms with Crippen LogP contribution < -0.4 is 10.2 Å². The van der Waals surface area contributed by atoms with Gasteiger partial charge in [0.25, 0.3) is 11.8 Å². The molecular formula is C33H35N5O2S. The van der Waals surface area contributed by atoms with E-state index in [4.69, 9.17) is 0 Å². The lowest BCUT2D eigenvalue weighted by atomic mass is 10.00. The third-order valence-electron chi connectivity index (χ3n) is 8.07. The van der Waals surface area contributed by atoms with E-state index in [0.29, 0.717) is 17.2 Å². The molecule has 7 nitrogen and oxygen atoms in total. The average molecular weight is 566 g/mol. The average Bonchev–Trinajstić information content (AvgIpc) is 3.61. The molecule has 0 radical (unpaired) electrons. The summed E-state index contributed by atoms with van der Waals surface area (Å²) in [5.74, 6) is -0.412. The van der Waals surface area contributed by atoms with Crippen molar-refractivity contribution in [2.75, 3.05) is 36.4 Å². The van der Waals surface area contributed by atoms with Gasteiger partial charge in [-0.3, -0.25) is 19.8 Å². The first-order valence-corrected chi connectivity index (χ1v) is 15.0. The van der Waals surface area contributed by atoms with Gasteiger partial charge >= 0.3 is 0 Å². The van der Waals surface area contributed by atoms with Gasteiger partial charge in [0.1, 0.15) is 6.04 Å². The Labute approximate surface area is 245 Å². The maximum Gasteiger partial charge on any atom is 0.255 e. The van der Waals surface area contributed by atoms with Crippen LogP contribution in [0.2, 0.25) is 0 Å². The predicted octanol–water partition coefficient (Wildman–Crippen LogP) is 6.07. The smallest absolute Gasteiger partial charge is 0.255 e. The highest BCUT2D eigenvalue weighted by Crippen LogP contribution is 2.35. The molecule has 0 spiro atoms. The molecule has 2 aliphatic heterocycles. The molecule has 1 saturated heterocycles. The zero-order chi connectivity index (χ0) is 28.6. The summed E-state index contributed by atoms with van der Waals surface area (Å²) < 4.78 is 0. The van der Waals surface area contributed by atoms with E-state index in [9.17, 15) is 9.59 Å². The fraction of sp³-hybridized carbons (Fsp3) is 0.303. The molecule has 4 aromatic rings. The van der Waals surface area contributed by atoms with E-state index in [1.54, 1.807) is 11.1 Å². The van der Waals surface area contributed by atoms with Crippen LogP contribution in [0.4, 0.5) is 10.8 Å². The summed E-state index contributed by atoms with van der Waals surface area (Å²) in [6.07, 6.45) is 1.65. The molecule has 0 unspecified atom stereocenters. The van der Waals surface area contributed by atoms with Crippen molar-refractivity contribution in [2.45, 2.75) is 38.9 Å². The number of carbonyl (C=O) groups excluding carboxylic acids is 2. The highest BCUT2D eigenvalue weighted by Gasteiger charge is 2.38. The van der Waals surface area contributed by atoms with Gasteiger partial charge in [-0.05, 0) is 61.2 Å². The molecule has 0 aliphatic carbocycles. The number of carbonyl (C=O) groups is 2. The number of fused-ring (bicyclic) bond motifs is 1. The van der Waals surface area contributed by atoms with E-state index in [-0.39, 0.29) is 17.4 Å². The van der Waals surface area contributed by atoms with E-state index < -0.39 is 6.04 Å². The minimum Gasteiger partial charge on any atom is -0.369 e. The molecular weight excluding hydrogens is 530 g/mol. The van der Waals surface area contributed by atoms with Crippen LogP contribution in [0, 0.1) is 0 Å². The Morgan fingerprint density at radius 2 is 1.63 bits per heavy atom. The van der Waals surface area contributed by atoms with Crippen molar-refractivity contribution >= 4 is 34.0 Å². The Morgan fingerprint density at radius 1 is 0.927 bits per heavy atom. The monoisotopic (exact) mass is 565 g/mol. The van der Waals surface area contributed by atoms with E-state index >= 15 is 0 Å². The third kappa shape index (κ3) is 5.62. The van der Waals surface area contributed by atoms with Gasteiger partial charge in [-0.2, -0.15) is 0 Å². The van der Waals surface area contributed by atoms with Gasteiger partial charge in [0.15, 0.2) is 5.13 Å². The fourth-order valence-electron chi connectivity index (χ4n) is 5.78. The molecule has 2 aliphatic rings. The molecule has 1 N–H and O–H groups in total. The lowest BCUT2D eigenvalue weighted by molar-refractivity contribution is -0.120. The quantitative estimate of drug-likeness (QED) is 0.308. The van der Waals surface area contributed by atoms with Gasteiger partial charge in [-0.25, -0.2) is 4.98 Å². The van der Waals surface area contributed by atoms with E-state index in [0.717, 1.165) is 48.4 Å². The van der Waals surface area contributed by atoms with Crippen molar-refractivity contribution in [3.8, 4) is 11.1 Å². The zero-order valence-electron chi connectivity index (χ0n) is 23.7. The molecule has 1 aromatic heterocycles. The van der Waals surface area contributed by atoms with Crippen molar-refractivity contribution in [1.29, 1.82) is 0 Å². The maximum atomic E-state index is 13.8. The number of rotatable bonds is 6. The van der Waals surface area contributed by atoms with Crippen LogP contribution >= 0.6 is 11.3 Å². The molecule has 1 fully saturated rings. The minimum atomic E-state index is -0.763. The summed E-state index contributed by atoms with van der Waals surface area (Å²) in [4.78, 5) is 38.1. The maximum absolute atomic E-state index is 13.8. The Balaban J connectivity index is 1.20. The number of amides is 2. The van der Waals surface area contributed by atoms with Gasteiger partial charge in [-0.15, -0.1) is 11.3 Å². The number of hydrogen-bond donors (Lipinski definition) is 1. The summed E-state index contributed by atoms with van der Waals surface area (Å²) >= 11 is 1.35. The third-order valence-corrected chi connectivity index (χ3v) is 8.76. The molecule has 6 rings (SSSR count). The summed E-state index contributed by atoms with van der Waals surface area (Å²) in [5.41, 5.74) is 5.82. The number of benzene rings is 3. The number of nitrogens with one attached hydrogen (secondary N) is 1. The highest BCUT2D eigenvalue weighted by atomic mass is 32.1.